The lowest BCUT2D eigenvalue weighted by molar-refractivity contribution is -0.0906. The zero-order chi connectivity index (χ0) is 13.6. The molecule has 3 nitrogen and oxygen atoms in total. The summed E-state index contributed by atoms with van der Waals surface area (Å²) in [6.45, 7) is 12.3. The molecule has 1 heterocycles. The van der Waals surface area contributed by atoms with Gasteiger partial charge in [0.15, 0.2) is 14.6 Å². The van der Waals surface area contributed by atoms with Crippen molar-refractivity contribution in [1.29, 1.82) is 0 Å². The lowest BCUT2D eigenvalue weighted by atomic mass is 9.94. The van der Waals surface area contributed by atoms with E-state index < -0.39 is 14.6 Å². The van der Waals surface area contributed by atoms with Crippen LogP contribution in [0.25, 0.3) is 0 Å². The van der Waals surface area contributed by atoms with Gasteiger partial charge in [0.25, 0.3) is 0 Å². The standard InChI is InChI=1S/C14H28O3Si/c1-14(2,3)18(4,5)16-9-10-6-7-12-11(10)8-13(15)17-12/h10-13,15H,6-9H2,1-5H3/t10-,11-,12+,13?/m1/s1. The Kier molecular flexibility index (Phi) is 3.94. The van der Waals surface area contributed by atoms with E-state index in [0.717, 1.165) is 19.4 Å². The number of hydrogen-bond donors (Lipinski definition) is 1. The van der Waals surface area contributed by atoms with E-state index in [1.807, 2.05) is 0 Å². The molecule has 18 heavy (non-hydrogen) atoms. The van der Waals surface area contributed by atoms with E-state index in [1.165, 1.54) is 6.42 Å². The van der Waals surface area contributed by atoms with Gasteiger partial charge < -0.3 is 14.3 Å². The Balaban J connectivity index is 1.88. The Hall–Kier alpha value is 0.0969. The average Bonchev–Trinajstić information content (AvgIpc) is 2.72. The van der Waals surface area contributed by atoms with E-state index in [9.17, 15) is 5.11 Å². The molecule has 0 aromatic rings. The molecule has 4 heteroatoms. The smallest absolute Gasteiger partial charge is 0.191 e. The van der Waals surface area contributed by atoms with Crippen molar-refractivity contribution in [2.45, 2.75) is 70.6 Å². The SMILES string of the molecule is CC(C)(C)[Si](C)(C)OC[C@H]1CC[C@@H]2OC(O)C[C@H]12. The van der Waals surface area contributed by atoms with Gasteiger partial charge in [-0.05, 0) is 42.8 Å². The summed E-state index contributed by atoms with van der Waals surface area (Å²) in [7, 11) is -1.64. The fourth-order valence-corrected chi connectivity index (χ4v) is 3.92. The summed E-state index contributed by atoms with van der Waals surface area (Å²) in [5.74, 6) is 1.10. The predicted molar refractivity (Wildman–Crippen MR) is 74.9 cm³/mol. The second-order valence-corrected chi connectivity index (χ2v) is 12.2. The topological polar surface area (TPSA) is 38.7 Å². The molecule has 4 atom stereocenters. The quantitative estimate of drug-likeness (QED) is 0.802. The number of aliphatic hydroxyl groups excluding tert-OH is 1. The molecule has 1 saturated heterocycles. The Morgan fingerprint density at radius 1 is 1.28 bits per heavy atom. The van der Waals surface area contributed by atoms with Crippen molar-refractivity contribution >= 4 is 8.32 Å². The zero-order valence-electron chi connectivity index (χ0n) is 12.4. The fraction of sp³-hybridized carbons (Fsp3) is 1.00. The lowest BCUT2D eigenvalue weighted by Crippen LogP contribution is -2.42. The molecule has 2 rings (SSSR count). The van der Waals surface area contributed by atoms with Crippen molar-refractivity contribution in [3.05, 3.63) is 0 Å². The van der Waals surface area contributed by atoms with Crippen LogP contribution in [0.15, 0.2) is 0 Å². The number of aliphatic hydroxyl groups is 1. The normalized spacial score (nSPS) is 37.0. The van der Waals surface area contributed by atoms with Crippen LogP contribution in [0.3, 0.4) is 0 Å². The molecule has 0 radical (unpaired) electrons. The summed E-state index contributed by atoms with van der Waals surface area (Å²) in [4.78, 5) is 0. The highest BCUT2D eigenvalue weighted by molar-refractivity contribution is 6.74. The Morgan fingerprint density at radius 3 is 2.56 bits per heavy atom. The van der Waals surface area contributed by atoms with Crippen LogP contribution in [-0.2, 0) is 9.16 Å². The molecule has 1 aliphatic heterocycles. The molecule has 0 aromatic heterocycles. The van der Waals surface area contributed by atoms with Gasteiger partial charge in [0.1, 0.15) is 0 Å². The first-order valence-electron chi connectivity index (χ1n) is 7.18. The highest BCUT2D eigenvalue weighted by atomic mass is 28.4. The monoisotopic (exact) mass is 272 g/mol. The van der Waals surface area contributed by atoms with E-state index >= 15 is 0 Å². The molecule has 2 fully saturated rings. The average molecular weight is 272 g/mol. The van der Waals surface area contributed by atoms with Crippen LogP contribution in [0.1, 0.15) is 40.0 Å². The van der Waals surface area contributed by atoms with E-state index in [2.05, 4.69) is 33.9 Å². The van der Waals surface area contributed by atoms with Gasteiger partial charge in [-0.15, -0.1) is 0 Å². The van der Waals surface area contributed by atoms with Crippen molar-refractivity contribution < 1.29 is 14.3 Å². The Bertz CT molecular complexity index is 298. The molecule has 2 aliphatic rings. The van der Waals surface area contributed by atoms with Crippen molar-refractivity contribution in [1.82, 2.24) is 0 Å². The molecule has 0 bridgehead atoms. The van der Waals surface area contributed by atoms with Crippen molar-refractivity contribution in [2.75, 3.05) is 6.61 Å². The highest BCUT2D eigenvalue weighted by Crippen LogP contribution is 2.44. The number of hydrogen-bond acceptors (Lipinski definition) is 3. The minimum absolute atomic E-state index is 0.274. The van der Waals surface area contributed by atoms with E-state index in [-0.39, 0.29) is 11.1 Å². The second kappa shape index (κ2) is 4.89. The molecular weight excluding hydrogens is 244 g/mol. The molecule has 106 valence electrons. The lowest BCUT2D eigenvalue weighted by Gasteiger charge is -2.37. The van der Waals surface area contributed by atoms with Crippen molar-refractivity contribution in [3.8, 4) is 0 Å². The number of fused-ring (bicyclic) bond motifs is 1. The van der Waals surface area contributed by atoms with Crippen LogP contribution in [0.5, 0.6) is 0 Å². The minimum Gasteiger partial charge on any atom is -0.417 e. The maximum absolute atomic E-state index is 9.56. The first-order chi connectivity index (χ1) is 8.21. The summed E-state index contributed by atoms with van der Waals surface area (Å²) in [6, 6.07) is 0. The van der Waals surface area contributed by atoms with Crippen LogP contribution >= 0.6 is 0 Å². The molecule has 1 unspecified atom stereocenters. The van der Waals surface area contributed by atoms with E-state index in [4.69, 9.17) is 9.16 Å². The molecular formula is C14H28O3Si. The molecule has 1 N–H and O–H groups in total. The van der Waals surface area contributed by atoms with E-state index in [1.54, 1.807) is 0 Å². The first-order valence-corrected chi connectivity index (χ1v) is 10.1. The van der Waals surface area contributed by atoms with Gasteiger partial charge in [0.05, 0.1) is 6.10 Å². The highest BCUT2D eigenvalue weighted by Gasteiger charge is 2.45. The van der Waals surface area contributed by atoms with Crippen LogP contribution < -0.4 is 0 Å². The molecule has 0 spiro atoms. The van der Waals surface area contributed by atoms with E-state index in [0.29, 0.717) is 11.8 Å². The van der Waals surface area contributed by atoms with Crippen molar-refractivity contribution in [3.63, 3.8) is 0 Å². The Labute approximate surface area is 112 Å². The fourth-order valence-electron chi connectivity index (χ4n) is 2.85. The van der Waals surface area contributed by atoms with Gasteiger partial charge in [-0.1, -0.05) is 20.8 Å². The summed E-state index contributed by atoms with van der Waals surface area (Å²) in [5, 5.41) is 9.83. The minimum atomic E-state index is -1.64. The predicted octanol–water partition coefficient (Wildman–Crippen LogP) is 3.14. The zero-order valence-corrected chi connectivity index (χ0v) is 13.4. The molecule has 1 saturated carbocycles. The molecule has 0 amide bonds. The van der Waals surface area contributed by atoms with Gasteiger partial charge in [0, 0.05) is 13.0 Å². The van der Waals surface area contributed by atoms with Crippen LogP contribution in [-0.4, -0.2) is 32.4 Å². The maximum Gasteiger partial charge on any atom is 0.191 e. The molecule has 0 aromatic carbocycles. The Morgan fingerprint density at radius 2 is 1.94 bits per heavy atom. The third kappa shape index (κ3) is 2.82. The van der Waals surface area contributed by atoms with Gasteiger partial charge in [-0.25, -0.2) is 0 Å². The maximum atomic E-state index is 9.56. The summed E-state index contributed by atoms with van der Waals surface area (Å²) >= 11 is 0. The second-order valence-electron chi connectivity index (χ2n) is 7.44. The first kappa shape index (κ1) is 14.5. The largest absolute Gasteiger partial charge is 0.417 e. The van der Waals surface area contributed by atoms with Gasteiger partial charge >= 0.3 is 0 Å². The third-order valence-corrected chi connectivity index (χ3v) is 9.68. The number of ether oxygens (including phenoxy) is 1. The van der Waals surface area contributed by atoms with Gasteiger partial charge in [-0.2, -0.15) is 0 Å². The van der Waals surface area contributed by atoms with Crippen LogP contribution in [0, 0.1) is 11.8 Å². The van der Waals surface area contributed by atoms with Gasteiger partial charge in [0.2, 0.25) is 0 Å². The number of rotatable bonds is 3. The van der Waals surface area contributed by atoms with Crippen LogP contribution in [0.2, 0.25) is 18.1 Å². The summed E-state index contributed by atoms with van der Waals surface area (Å²) in [6.07, 6.45) is 2.84. The van der Waals surface area contributed by atoms with Gasteiger partial charge in [-0.3, -0.25) is 0 Å². The van der Waals surface area contributed by atoms with Crippen LogP contribution in [0.4, 0.5) is 0 Å². The molecule has 1 aliphatic carbocycles. The summed E-state index contributed by atoms with van der Waals surface area (Å²) < 4.78 is 11.8. The summed E-state index contributed by atoms with van der Waals surface area (Å²) in [5.41, 5.74) is 0. The van der Waals surface area contributed by atoms with Crippen molar-refractivity contribution in [2.24, 2.45) is 11.8 Å². The third-order valence-electron chi connectivity index (χ3n) is 5.18.